The Kier molecular flexibility index (Phi) is 8.90. The molecule has 2 aromatic heterocycles. The number of nitrogen functional groups attached to an aromatic ring is 1. The van der Waals surface area contributed by atoms with Gasteiger partial charge in [-0.2, -0.15) is 8.42 Å². The number of aromatic nitrogens is 1. The molecule has 0 aliphatic rings. The number of azo groups is 1. The van der Waals surface area contributed by atoms with Crippen molar-refractivity contribution in [1.29, 1.82) is 0 Å². The Morgan fingerprint density at radius 1 is 0.905 bits per heavy atom. The molecule has 0 bridgehead atoms. The van der Waals surface area contributed by atoms with Crippen LogP contribution in [0, 0.1) is 0 Å². The number of ether oxygens (including phenoxy) is 1. The van der Waals surface area contributed by atoms with Crippen LogP contribution in [-0.4, -0.2) is 65.8 Å². The van der Waals surface area contributed by atoms with Crippen LogP contribution in [0.5, 0.6) is 5.75 Å². The molecule has 12 heteroatoms. The van der Waals surface area contributed by atoms with Gasteiger partial charge >= 0.3 is 29.6 Å². The Morgan fingerprint density at radius 3 is 2.36 bits per heavy atom. The molecule has 0 saturated heterocycles. The molecule has 0 saturated carbocycles. The molecule has 0 unspecified atom stereocenters. The van der Waals surface area contributed by atoms with E-state index in [0.29, 0.717) is 40.9 Å². The van der Waals surface area contributed by atoms with Gasteiger partial charge in [0.15, 0.2) is 0 Å². The number of rotatable bonds is 8. The Balaban J connectivity index is 0.00000353. The average Bonchev–Trinajstić information content (AvgIpc) is 3.35. The molecule has 4 N–H and O–H groups in total. The van der Waals surface area contributed by atoms with E-state index in [2.05, 4.69) is 27.3 Å². The van der Waals surface area contributed by atoms with Crippen LogP contribution in [0.25, 0.3) is 42.2 Å². The van der Waals surface area contributed by atoms with Crippen LogP contribution in [0.4, 0.5) is 17.1 Å². The molecule has 4 aromatic carbocycles. The number of thiophene rings is 1. The Hall–Kier alpha value is -3.42. The first-order valence-corrected chi connectivity index (χ1v) is 15.0. The van der Waals surface area contributed by atoms with Crippen LogP contribution in [0.15, 0.2) is 100 Å². The molecule has 0 fully saturated rings. The third kappa shape index (κ3) is 5.77. The number of hydrogen-bond donors (Lipinski definition) is 3. The zero-order valence-electron chi connectivity index (χ0n) is 21.6. The molecule has 0 radical (unpaired) electrons. The summed E-state index contributed by atoms with van der Waals surface area (Å²) in [6.07, 6.45) is 2.07. The average molecular weight is 609 g/mol. The van der Waals surface area contributed by atoms with Gasteiger partial charge in [-0.15, -0.1) is 21.6 Å². The van der Waals surface area contributed by atoms with Crippen LogP contribution in [0.1, 0.15) is 6.42 Å². The van der Waals surface area contributed by atoms with Gasteiger partial charge in [-0.05, 0) is 36.4 Å². The van der Waals surface area contributed by atoms with Crippen molar-refractivity contribution in [2.45, 2.75) is 11.3 Å². The van der Waals surface area contributed by atoms with E-state index in [1.54, 1.807) is 47.9 Å². The quantitative estimate of drug-likeness (QED) is 0.0578. The van der Waals surface area contributed by atoms with Gasteiger partial charge in [0.25, 0.3) is 10.1 Å². The number of aliphatic hydroxyl groups excluding tert-OH is 1. The van der Waals surface area contributed by atoms with E-state index in [0.717, 1.165) is 25.7 Å². The standard InChI is InChI=1S/C30H24N4O5S2.Na.H/c31-29-21-8-2-1-7-20(21)27(41(36,37)38)16-24(29)34-33-18-10-12-23(32-17-18)28-25(39-15-5-14-35)13-11-22-19-6-3-4-9-26(19)40-30(22)28;;/h1-4,6-13,16-17,35H,5,14-15,31H2,(H,36,37,38);;. The summed E-state index contributed by atoms with van der Waals surface area (Å²) in [6.45, 7) is 0.400. The van der Waals surface area contributed by atoms with Gasteiger partial charge in [0.2, 0.25) is 0 Å². The molecule has 208 valence electrons. The number of hydrogen-bond acceptors (Lipinski definition) is 9. The van der Waals surface area contributed by atoms with Crippen molar-refractivity contribution in [3.63, 3.8) is 0 Å². The Bertz CT molecular complexity index is 2060. The fourth-order valence-electron chi connectivity index (χ4n) is 4.73. The summed E-state index contributed by atoms with van der Waals surface area (Å²) in [7, 11) is -4.52. The summed E-state index contributed by atoms with van der Waals surface area (Å²) < 4.78 is 42.1. The van der Waals surface area contributed by atoms with Gasteiger partial charge in [-0.1, -0.05) is 42.5 Å². The number of aliphatic hydroxyl groups is 1. The van der Waals surface area contributed by atoms with Gasteiger partial charge in [0.1, 0.15) is 22.0 Å². The second-order valence-corrected chi connectivity index (χ2v) is 11.7. The van der Waals surface area contributed by atoms with E-state index in [1.165, 1.54) is 6.07 Å². The first-order chi connectivity index (χ1) is 19.8. The molecular weight excluding hydrogens is 583 g/mol. The van der Waals surface area contributed by atoms with Crippen molar-refractivity contribution in [2.24, 2.45) is 10.2 Å². The second-order valence-electron chi connectivity index (χ2n) is 9.27. The van der Waals surface area contributed by atoms with Crippen LogP contribution < -0.4 is 10.5 Å². The third-order valence-corrected chi connectivity index (χ3v) is 8.75. The van der Waals surface area contributed by atoms with E-state index in [9.17, 15) is 18.1 Å². The van der Waals surface area contributed by atoms with Crippen molar-refractivity contribution in [1.82, 2.24) is 4.98 Å². The van der Waals surface area contributed by atoms with E-state index in [4.69, 9.17) is 10.5 Å². The van der Waals surface area contributed by atoms with Gasteiger partial charge < -0.3 is 15.6 Å². The van der Waals surface area contributed by atoms with Gasteiger partial charge in [0, 0.05) is 44.0 Å². The van der Waals surface area contributed by atoms with Crippen LogP contribution in [0.2, 0.25) is 0 Å². The zero-order chi connectivity index (χ0) is 28.6. The topological polar surface area (TPSA) is 147 Å². The third-order valence-electron chi connectivity index (χ3n) is 6.65. The number of pyridine rings is 1. The Morgan fingerprint density at radius 2 is 1.64 bits per heavy atom. The number of anilines is 1. The van der Waals surface area contributed by atoms with Crippen molar-refractivity contribution in [3.8, 4) is 17.0 Å². The number of fused-ring (bicyclic) bond motifs is 4. The molecule has 42 heavy (non-hydrogen) atoms. The van der Waals surface area contributed by atoms with Crippen molar-refractivity contribution in [3.05, 3.63) is 85.1 Å². The monoisotopic (exact) mass is 608 g/mol. The number of benzene rings is 4. The zero-order valence-corrected chi connectivity index (χ0v) is 23.2. The molecule has 0 atom stereocenters. The molecule has 0 aliphatic carbocycles. The summed E-state index contributed by atoms with van der Waals surface area (Å²) in [5, 5.41) is 20.6. The van der Waals surface area contributed by atoms with Gasteiger partial charge in [-0.25, -0.2) is 0 Å². The number of nitrogens with two attached hydrogens (primary N) is 1. The minimum atomic E-state index is -4.52. The molecule has 0 spiro atoms. The van der Waals surface area contributed by atoms with E-state index in [-0.39, 0.29) is 52.4 Å². The first kappa shape index (κ1) is 30.1. The van der Waals surface area contributed by atoms with Crippen LogP contribution in [-0.2, 0) is 10.1 Å². The van der Waals surface area contributed by atoms with Gasteiger partial charge in [0.05, 0.1) is 29.7 Å². The summed E-state index contributed by atoms with van der Waals surface area (Å²) in [5.74, 6) is 0.668. The van der Waals surface area contributed by atoms with Gasteiger partial charge in [-0.3, -0.25) is 9.54 Å². The second kappa shape index (κ2) is 12.4. The maximum absolute atomic E-state index is 12.0. The first-order valence-electron chi connectivity index (χ1n) is 12.7. The Labute approximate surface area is 267 Å². The SMILES string of the molecule is Nc1c(N=Nc2ccc(-c3c(OCCCO)ccc4c3sc3ccccc34)nc2)cc(S(=O)(=O)O)c2ccccc12.[NaH]. The predicted molar refractivity (Wildman–Crippen MR) is 169 cm³/mol. The summed E-state index contributed by atoms with van der Waals surface area (Å²) in [4.78, 5) is 4.36. The maximum atomic E-state index is 12.0. The van der Waals surface area contributed by atoms with E-state index >= 15 is 0 Å². The molecule has 2 heterocycles. The van der Waals surface area contributed by atoms with Crippen molar-refractivity contribution >= 4 is 99.0 Å². The molecular formula is C30H25N4NaO5S2. The van der Waals surface area contributed by atoms with Crippen LogP contribution in [0.3, 0.4) is 0 Å². The molecule has 9 nitrogen and oxygen atoms in total. The molecule has 6 aromatic rings. The predicted octanol–water partition coefficient (Wildman–Crippen LogP) is 6.63. The van der Waals surface area contributed by atoms with Crippen molar-refractivity contribution in [2.75, 3.05) is 18.9 Å². The van der Waals surface area contributed by atoms with E-state index in [1.807, 2.05) is 30.3 Å². The summed E-state index contributed by atoms with van der Waals surface area (Å²) >= 11 is 1.66. The number of nitrogens with zero attached hydrogens (tertiary/aromatic N) is 3. The fourth-order valence-corrected chi connectivity index (χ4v) is 6.70. The van der Waals surface area contributed by atoms with Crippen LogP contribution >= 0.6 is 11.3 Å². The summed E-state index contributed by atoms with van der Waals surface area (Å²) in [5.41, 5.74) is 8.56. The molecule has 0 amide bonds. The normalized spacial score (nSPS) is 11.9. The van der Waals surface area contributed by atoms with E-state index < -0.39 is 10.1 Å². The summed E-state index contributed by atoms with van der Waals surface area (Å²) in [6, 6.07) is 23.5. The fraction of sp³-hybridized carbons (Fsp3) is 0.100. The van der Waals surface area contributed by atoms with Crippen molar-refractivity contribution < 1.29 is 22.8 Å². The molecule has 6 rings (SSSR count). The molecule has 0 aliphatic heterocycles. The minimum absolute atomic E-state index is 0.